The lowest BCUT2D eigenvalue weighted by molar-refractivity contribution is -0.139. The van der Waals surface area contributed by atoms with E-state index in [1.807, 2.05) is 72.8 Å². The molecule has 2 bridgehead atoms. The second-order valence-corrected chi connectivity index (χ2v) is 13.6. The summed E-state index contributed by atoms with van der Waals surface area (Å²) in [5.41, 5.74) is 1.50. The van der Waals surface area contributed by atoms with Gasteiger partial charge in [0.25, 0.3) is 5.91 Å². The van der Waals surface area contributed by atoms with Gasteiger partial charge in [-0.15, -0.1) is 24.9 Å². The van der Waals surface area contributed by atoms with Gasteiger partial charge in [-0.1, -0.05) is 67.6 Å². The van der Waals surface area contributed by atoms with Crippen LogP contribution < -0.4 is 9.80 Å². The number of para-hydroxylation sites is 1. The Morgan fingerprint density at radius 3 is 2.30 bits per heavy atom. The molecule has 3 amide bonds. The standard InChI is InChI=1S/C36H39N3O4S/c1-4-18-37(27-14-7-6-8-15-27)33(41)30-29-22-24(3)36(44-29)31(30)34(42)39(20-11-21-40)32(36)35(43)38(19-5-2)28-17-16-25-12-9-10-13-26(25)23-28/h4-10,12-17,23-24,29-32,40H,1-2,11,18-22H2,3H3/t24?,29-,30+,31+,32?,36?/m1/s1. The molecule has 0 radical (unpaired) electrons. The van der Waals surface area contributed by atoms with Crippen molar-refractivity contribution >= 4 is 51.6 Å². The second kappa shape index (κ2) is 12.3. The molecule has 3 aliphatic heterocycles. The monoisotopic (exact) mass is 609 g/mol. The summed E-state index contributed by atoms with van der Waals surface area (Å²) in [7, 11) is 0. The molecule has 8 heteroatoms. The first-order chi connectivity index (χ1) is 21.4. The first-order valence-corrected chi connectivity index (χ1v) is 16.2. The van der Waals surface area contributed by atoms with Gasteiger partial charge in [-0.3, -0.25) is 14.4 Å². The number of hydrogen-bond acceptors (Lipinski definition) is 5. The smallest absolute Gasteiger partial charge is 0.251 e. The average molecular weight is 610 g/mol. The number of rotatable bonds is 11. The largest absolute Gasteiger partial charge is 0.396 e. The molecular weight excluding hydrogens is 570 g/mol. The fourth-order valence-electron chi connectivity index (χ4n) is 7.75. The van der Waals surface area contributed by atoms with Crippen LogP contribution >= 0.6 is 11.8 Å². The number of fused-ring (bicyclic) bond motifs is 2. The Bertz CT molecular complexity index is 1590. The lowest BCUT2D eigenvalue weighted by atomic mass is 9.65. The zero-order valence-electron chi connectivity index (χ0n) is 25.0. The van der Waals surface area contributed by atoms with E-state index in [9.17, 15) is 19.5 Å². The number of carbonyl (C=O) groups is 3. The van der Waals surface area contributed by atoms with Crippen molar-refractivity contribution in [1.29, 1.82) is 0 Å². The van der Waals surface area contributed by atoms with E-state index in [2.05, 4.69) is 20.1 Å². The van der Waals surface area contributed by atoms with Crippen LogP contribution in [0, 0.1) is 17.8 Å². The third kappa shape index (κ3) is 4.75. The minimum atomic E-state index is -0.773. The van der Waals surface area contributed by atoms with Gasteiger partial charge in [0.15, 0.2) is 0 Å². The Labute approximate surface area is 263 Å². The molecule has 3 aromatic carbocycles. The van der Waals surface area contributed by atoms with Crippen LogP contribution in [-0.4, -0.2) is 70.0 Å². The van der Waals surface area contributed by atoms with Gasteiger partial charge in [0.1, 0.15) is 6.04 Å². The Morgan fingerprint density at radius 1 is 0.955 bits per heavy atom. The predicted octanol–water partition coefficient (Wildman–Crippen LogP) is 5.30. The van der Waals surface area contributed by atoms with Crippen molar-refractivity contribution in [3.8, 4) is 0 Å². The molecule has 228 valence electrons. The molecule has 3 aromatic rings. The molecule has 0 saturated carbocycles. The predicted molar refractivity (Wildman–Crippen MR) is 178 cm³/mol. The van der Waals surface area contributed by atoms with Gasteiger partial charge in [-0.2, -0.15) is 0 Å². The van der Waals surface area contributed by atoms with E-state index >= 15 is 0 Å². The molecule has 3 heterocycles. The number of benzene rings is 3. The van der Waals surface area contributed by atoms with E-state index < -0.39 is 22.6 Å². The summed E-state index contributed by atoms with van der Waals surface area (Å²) >= 11 is 1.66. The number of thioether (sulfide) groups is 1. The molecule has 0 aromatic heterocycles. The summed E-state index contributed by atoms with van der Waals surface area (Å²) < 4.78 is -0.762. The Hall–Kier alpha value is -3.88. The highest BCUT2D eigenvalue weighted by Crippen LogP contribution is 2.69. The Kier molecular flexibility index (Phi) is 8.40. The summed E-state index contributed by atoms with van der Waals surface area (Å²) in [4.78, 5) is 49.0. The van der Waals surface area contributed by atoms with Gasteiger partial charge in [0.2, 0.25) is 11.8 Å². The summed E-state index contributed by atoms with van der Waals surface area (Å²) in [6, 6.07) is 22.7. The third-order valence-electron chi connectivity index (χ3n) is 9.59. The third-order valence-corrected chi connectivity index (χ3v) is 11.7. The van der Waals surface area contributed by atoms with E-state index in [4.69, 9.17) is 0 Å². The van der Waals surface area contributed by atoms with Crippen molar-refractivity contribution in [3.63, 3.8) is 0 Å². The maximum absolute atomic E-state index is 14.9. The van der Waals surface area contributed by atoms with Gasteiger partial charge in [-0.05, 0) is 53.8 Å². The lowest BCUT2D eigenvalue weighted by Gasteiger charge is -2.41. The lowest BCUT2D eigenvalue weighted by Crippen LogP contribution is -2.57. The van der Waals surface area contributed by atoms with Crippen molar-refractivity contribution in [3.05, 3.63) is 98.1 Å². The van der Waals surface area contributed by atoms with E-state index in [-0.39, 0.29) is 48.6 Å². The minimum absolute atomic E-state index is 0.0374. The van der Waals surface area contributed by atoms with Crippen LogP contribution in [0.1, 0.15) is 19.8 Å². The maximum atomic E-state index is 14.9. The van der Waals surface area contributed by atoms with Gasteiger partial charge in [-0.25, -0.2) is 0 Å². The second-order valence-electron chi connectivity index (χ2n) is 12.0. The molecule has 3 saturated heterocycles. The molecule has 1 spiro atoms. The topological polar surface area (TPSA) is 81.2 Å². The molecular formula is C36H39N3O4S. The van der Waals surface area contributed by atoms with Gasteiger partial charge >= 0.3 is 0 Å². The molecule has 44 heavy (non-hydrogen) atoms. The van der Waals surface area contributed by atoms with Crippen LogP contribution in [0.2, 0.25) is 0 Å². The fourth-order valence-corrected chi connectivity index (χ4v) is 10.2. The first-order valence-electron chi connectivity index (χ1n) is 15.3. The zero-order chi connectivity index (χ0) is 31.0. The summed E-state index contributed by atoms with van der Waals surface area (Å²) in [5, 5.41) is 11.8. The normalized spacial score (nSPS) is 26.9. The number of carbonyl (C=O) groups excluding carboxylic acids is 3. The van der Waals surface area contributed by atoms with Crippen molar-refractivity contribution in [1.82, 2.24) is 4.90 Å². The van der Waals surface area contributed by atoms with E-state index in [1.165, 1.54) is 0 Å². The molecule has 6 atom stereocenters. The molecule has 1 N–H and O–H groups in total. The number of aliphatic hydroxyl groups excluding tert-OH is 1. The fraction of sp³-hybridized carbons (Fsp3) is 0.361. The number of hydrogen-bond donors (Lipinski definition) is 1. The molecule has 3 unspecified atom stereocenters. The number of aliphatic hydroxyl groups is 1. The van der Waals surface area contributed by atoms with Crippen molar-refractivity contribution < 1.29 is 19.5 Å². The molecule has 3 fully saturated rings. The summed E-state index contributed by atoms with van der Waals surface area (Å²) in [6.07, 6.45) is 4.51. The van der Waals surface area contributed by atoms with Gasteiger partial charge in [0, 0.05) is 42.9 Å². The number of amides is 3. The first kappa shape index (κ1) is 30.2. The number of nitrogens with zero attached hydrogens (tertiary/aromatic N) is 3. The van der Waals surface area contributed by atoms with E-state index in [1.54, 1.807) is 38.6 Å². The highest BCUT2D eigenvalue weighted by atomic mass is 32.2. The maximum Gasteiger partial charge on any atom is 0.251 e. The minimum Gasteiger partial charge on any atom is -0.396 e. The van der Waals surface area contributed by atoms with Crippen LogP contribution in [0.25, 0.3) is 10.8 Å². The molecule has 3 aliphatic rings. The Morgan fingerprint density at radius 2 is 1.61 bits per heavy atom. The SMILES string of the molecule is C=CCN(C(=O)C1N(CCCO)C(=O)[C@@H]2[C@@H](C(=O)N(CC=C)c3ccccc3)[C@H]3CC(C)C12S3)c1ccc2ccccc2c1. The van der Waals surface area contributed by atoms with Crippen molar-refractivity contribution in [2.45, 2.75) is 35.8 Å². The van der Waals surface area contributed by atoms with Crippen LogP contribution in [0.3, 0.4) is 0 Å². The van der Waals surface area contributed by atoms with Crippen molar-refractivity contribution in [2.24, 2.45) is 17.8 Å². The highest BCUT2D eigenvalue weighted by Gasteiger charge is 2.76. The van der Waals surface area contributed by atoms with Gasteiger partial charge in [0.05, 0.1) is 16.6 Å². The van der Waals surface area contributed by atoms with E-state index in [0.717, 1.165) is 28.6 Å². The summed E-state index contributed by atoms with van der Waals surface area (Å²) in [5.74, 6) is -1.61. The zero-order valence-corrected chi connectivity index (χ0v) is 25.9. The van der Waals surface area contributed by atoms with E-state index in [0.29, 0.717) is 13.0 Å². The van der Waals surface area contributed by atoms with Crippen LogP contribution in [0.15, 0.2) is 98.1 Å². The van der Waals surface area contributed by atoms with Crippen molar-refractivity contribution in [2.75, 3.05) is 36.0 Å². The quantitative estimate of drug-likeness (QED) is 0.299. The Balaban J connectivity index is 1.42. The molecule has 7 nitrogen and oxygen atoms in total. The molecule has 0 aliphatic carbocycles. The number of likely N-dealkylation sites (tertiary alicyclic amines) is 1. The number of anilines is 2. The highest BCUT2D eigenvalue weighted by molar-refractivity contribution is 8.02. The van der Waals surface area contributed by atoms with Gasteiger partial charge < -0.3 is 19.8 Å². The van der Waals surface area contributed by atoms with Crippen LogP contribution in [0.4, 0.5) is 11.4 Å². The summed E-state index contributed by atoms with van der Waals surface area (Å²) in [6.45, 7) is 10.7. The average Bonchev–Trinajstić information content (AvgIpc) is 3.64. The van der Waals surface area contributed by atoms with Crippen LogP contribution in [0.5, 0.6) is 0 Å². The molecule has 6 rings (SSSR count). The van der Waals surface area contributed by atoms with Crippen LogP contribution in [-0.2, 0) is 14.4 Å².